The molecule has 0 unspecified atom stereocenters. The molecule has 0 bridgehead atoms. The molecule has 1 N–H and O–H groups in total. The van der Waals surface area contributed by atoms with Crippen LogP contribution in [0.3, 0.4) is 0 Å². The van der Waals surface area contributed by atoms with Gasteiger partial charge in [0.1, 0.15) is 13.2 Å². The second-order valence-electron chi connectivity index (χ2n) is 8.26. The number of amides is 1. The summed E-state index contributed by atoms with van der Waals surface area (Å²) in [5, 5.41) is 2.63. The fraction of sp³-hybridized carbons (Fsp3) is 0.655. The smallest absolute Gasteiger partial charge is 0.407 e. The van der Waals surface area contributed by atoms with E-state index in [1.807, 2.05) is 30.3 Å². The molecule has 0 fully saturated rings. The summed E-state index contributed by atoms with van der Waals surface area (Å²) in [6, 6.07) is 9.49. The van der Waals surface area contributed by atoms with E-state index in [-0.39, 0.29) is 13.2 Å². The Bertz CT molecular complexity index is 768. The molecule has 0 heterocycles. The van der Waals surface area contributed by atoms with Crippen LogP contribution in [0, 0.1) is 0 Å². The second kappa shape index (κ2) is 29.9. The lowest BCUT2D eigenvalue weighted by Crippen LogP contribution is -2.28. The summed E-state index contributed by atoms with van der Waals surface area (Å²) in [6.07, 6.45) is 0.637. The number of hydrogen-bond donors (Lipinski definition) is 1. The molecule has 0 saturated carbocycles. The van der Waals surface area contributed by atoms with E-state index in [0.29, 0.717) is 112 Å². The Labute approximate surface area is 248 Å². The molecule has 1 aromatic carbocycles. The van der Waals surface area contributed by atoms with Crippen molar-refractivity contribution in [2.45, 2.75) is 6.61 Å². The summed E-state index contributed by atoms with van der Waals surface area (Å²) in [5.41, 5.74) is 0.935. The van der Waals surface area contributed by atoms with Crippen LogP contribution in [-0.2, 0) is 58.8 Å². The topological polar surface area (TPSA) is 138 Å². The van der Waals surface area contributed by atoms with Crippen LogP contribution < -0.4 is 5.32 Å². The lowest BCUT2D eigenvalue weighted by molar-refractivity contribution is -0.139. The number of hydrogen-bond acceptors (Lipinski definition) is 12. The van der Waals surface area contributed by atoms with Gasteiger partial charge in [0, 0.05) is 12.6 Å². The van der Waals surface area contributed by atoms with Gasteiger partial charge in [-0.05, 0) is 5.56 Å². The molecule has 0 saturated heterocycles. The predicted octanol–water partition coefficient (Wildman–Crippen LogP) is 1.77. The fourth-order valence-electron chi connectivity index (χ4n) is 2.90. The van der Waals surface area contributed by atoms with E-state index in [4.69, 9.17) is 47.4 Å². The van der Waals surface area contributed by atoms with Crippen molar-refractivity contribution in [3.05, 3.63) is 48.6 Å². The predicted molar refractivity (Wildman–Crippen MR) is 152 cm³/mol. The van der Waals surface area contributed by atoms with E-state index in [2.05, 4.69) is 11.9 Å². The highest BCUT2D eigenvalue weighted by molar-refractivity contribution is 5.81. The zero-order chi connectivity index (χ0) is 30.2. The first-order valence-electron chi connectivity index (χ1n) is 14.1. The van der Waals surface area contributed by atoms with Crippen molar-refractivity contribution in [1.29, 1.82) is 0 Å². The minimum absolute atomic E-state index is 0.194. The van der Waals surface area contributed by atoms with Crippen LogP contribution in [0.4, 0.5) is 4.79 Å². The van der Waals surface area contributed by atoms with Crippen molar-refractivity contribution in [2.24, 2.45) is 0 Å². The van der Waals surface area contributed by atoms with Gasteiger partial charge in [-0.1, -0.05) is 36.9 Å². The molecule has 0 aliphatic rings. The number of alkyl carbamates (subject to hydrolysis) is 1. The zero-order valence-electron chi connectivity index (χ0n) is 24.5. The zero-order valence-corrected chi connectivity index (χ0v) is 24.5. The lowest BCUT2D eigenvalue weighted by atomic mass is 10.2. The van der Waals surface area contributed by atoms with Crippen molar-refractivity contribution in [1.82, 2.24) is 5.32 Å². The van der Waals surface area contributed by atoms with Gasteiger partial charge in [-0.15, -0.1) is 0 Å². The molecule has 0 atom stereocenters. The highest BCUT2D eigenvalue weighted by Gasteiger charge is 2.02. The van der Waals surface area contributed by atoms with Crippen LogP contribution in [0.25, 0.3) is 0 Å². The Kier molecular flexibility index (Phi) is 26.6. The monoisotopic (exact) mass is 601 g/mol. The van der Waals surface area contributed by atoms with Crippen LogP contribution in [0.2, 0.25) is 0 Å². The third-order valence-corrected chi connectivity index (χ3v) is 4.97. The maximum Gasteiger partial charge on any atom is 0.407 e. The summed E-state index contributed by atoms with van der Waals surface area (Å²) < 4.78 is 53.1. The molecule has 0 aliphatic carbocycles. The minimum Gasteiger partial charge on any atom is -0.460 e. The average molecular weight is 602 g/mol. The van der Waals surface area contributed by atoms with Crippen LogP contribution >= 0.6 is 0 Å². The molecule has 13 heteroatoms. The first-order valence-corrected chi connectivity index (χ1v) is 14.1. The second-order valence-corrected chi connectivity index (χ2v) is 8.26. The number of carbonyl (C=O) groups excluding carboxylic acids is 2. The van der Waals surface area contributed by atoms with Gasteiger partial charge in [-0.25, -0.2) is 9.59 Å². The minimum atomic E-state index is -0.473. The van der Waals surface area contributed by atoms with E-state index < -0.39 is 12.1 Å². The molecule has 42 heavy (non-hydrogen) atoms. The van der Waals surface area contributed by atoms with Crippen LogP contribution in [0.15, 0.2) is 43.0 Å². The fourth-order valence-corrected chi connectivity index (χ4v) is 2.90. The van der Waals surface area contributed by atoms with Crippen molar-refractivity contribution in [3.63, 3.8) is 0 Å². The maximum absolute atomic E-state index is 11.6. The van der Waals surface area contributed by atoms with Gasteiger partial charge >= 0.3 is 12.1 Å². The summed E-state index contributed by atoms with van der Waals surface area (Å²) in [4.78, 5) is 22.4. The molecule has 1 rings (SSSR count). The van der Waals surface area contributed by atoms with Gasteiger partial charge in [0.05, 0.1) is 106 Å². The SMILES string of the molecule is C=CC(=O)OCCOCCOCCOCCOCCOCCOCCOCCOCCNC(=O)OCc1ccccc1. The highest BCUT2D eigenvalue weighted by atomic mass is 16.6. The third kappa shape index (κ3) is 26.3. The largest absolute Gasteiger partial charge is 0.460 e. The average Bonchev–Trinajstić information content (AvgIpc) is 3.01. The van der Waals surface area contributed by atoms with Gasteiger partial charge in [-0.2, -0.15) is 0 Å². The molecule has 1 amide bonds. The molecule has 0 radical (unpaired) electrons. The molecule has 1 aromatic rings. The Morgan fingerprint density at radius 1 is 0.548 bits per heavy atom. The van der Waals surface area contributed by atoms with Crippen LogP contribution in [-0.4, -0.2) is 131 Å². The molecule has 0 aromatic heterocycles. The highest BCUT2D eigenvalue weighted by Crippen LogP contribution is 2.00. The van der Waals surface area contributed by atoms with Crippen molar-refractivity contribution < 1.29 is 57.0 Å². The first kappa shape index (κ1) is 37.4. The quantitative estimate of drug-likeness (QED) is 0.0781. The Balaban J connectivity index is 1.66. The Morgan fingerprint density at radius 3 is 1.33 bits per heavy atom. The van der Waals surface area contributed by atoms with E-state index in [1.54, 1.807) is 0 Å². The lowest BCUT2D eigenvalue weighted by Gasteiger charge is -2.09. The molecule has 13 nitrogen and oxygen atoms in total. The molecular formula is C29H47NO12. The summed E-state index contributed by atoms with van der Waals surface area (Å²) in [5.74, 6) is -0.463. The van der Waals surface area contributed by atoms with Gasteiger partial charge in [0.2, 0.25) is 0 Å². The maximum atomic E-state index is 11.6. The van der Waals surface area contributed by atoms with E-state index in [1.165, 1.54) is 0 Å². The molecule has 0 aliphatic heterocycles. The standard InChI is InChI=1S/C29H47NO12/c1-2-28(31)41-25-24-40-23-22-39-21-20-38-19-18-37-17-16-36-15-14-35-13-12-34-11-10-33-9-8-30-29(32)42-26-27-6-4-3-5-7-27/h2-7H,1,8-26H2,(H,30,32). The number of nitrogens with one attached hydrogen (secondary N) is 1. The van der Waals surface area contributed by atoms with Crippen LogP contribution in [0.5, 0.6) is 0 Å². The summed E-state index contributed by atoms with van der Waals surface area (Å²) >= 11 is 0. The van der Waals surface area contributed by atoms with Gasteiger partial charge in [0.25, 0.3) is 0 Å². The van der Waals surface area contributed by atoms with Crippen molar-refractivity contribution >= 4 is 12.1 Å². The van der Waals surface area contributed by atoms with Crippen molar-refractivity contribution in [2.75, 3.05) is 119 Å². The molecular weight excluding hydrogens is 554 g/mol. The van der Waals surface area contributed by atoms with Crippen LogP contribution in [0.1, 0.15) is 5.56 Å². The van der Waals surface area contributed by atoms with Gasteiger partial charge < -0.3 is 52.7 Å². The van der Waals surface area contributed by atoms with E-state index in [0.717, 1.165) is 11.6 Å². The number of benzene rings is 1. The van der Waals surface area contributed by atoms with Gasteiger partial charge in [-0.3, -0.25) is 0 Å². The normalized spacial score (nSPS) is 10.9. The third-order valence-electron chi connectivity index (χ3n) is 4.97. The van der Waals surface area contributed by atoms with Crippen molar-refractivity contribution in [3.8, 4) is 0 Å². The van der Waals surface area contributed by atoms with E-state index in [9.17, 15) is 9.59 Å². The summed E-state index contributed by atoms with van der Waals surface area (Å²) in [6.45, 7) is 11.2. The Morgan fingerprint density at radius 2 is 0.929 bits per heavy atom. The van der Waals surface area contributed by atoms with Gasteiger partial charge in [0.15, 0.2) is 0 Å². The summed E-state index contributed by atoms with van der Waals surface area (Å²) in [7, 11) is 0. The molecule has 240 valence electrons. The number of ether oxygens (including phenoxy) is 10. The number of esters is 1. The Hall–Kier alpha value is -2.62. The number of rotatable bonds is 30. The first-order chi connectivity index (χ1) is 20.7. The van der Waals surface area contributed by atoms with E-state index >= 15 is 0 Å². The number of carbonyl (C=O) groups is 2. The molecule has 0 spiro atoms.